The standard InChI is InChI=1S/C7H15N.C2H6/c1-7(2,3)8-5-4-6-8;1-2/h4-6H2,1-3H3;1-2H3. The van der Waals surface area contributed by atoms with E-state index in [0.717, 1.165) is 0 Å². The molecule has 1 heteroatoms. The average molecular weight is 143 g/mol. The molecule has 0 bridgehead atoms. The summed E-state index contributed by atoms with van der Waals surface area (Å²) in [4.78, 5) is 2.49. The predicted molar refractivity (Wildman–Crippen MR) is 47.3 cm³/mol. The van der Waals surface area contributed by atoms with Crippen LogP contribution in [0.1, 0.15) is 41.0 Å². The fraction of sp³-hybridized carbons (Fsp3) is 1.00. The molecular formula is C9H21N. The van der Waals surface area contributed by atoms with Crippen molar-refractivity contribution in [2.45, 2.75) is 46.6 Å². The van der Waals surface area contributed by atoms with Crippen LogP contribution in [0.4, 0.5) is 0 Å². The minimum atomic E-state index is 0.429. The molecular weight excluding hydrogens is 122 g/mol. The molecule has 62 valence electrons. The zero-order chi connectivity index (χ0) is 8.20. The van der Waals surface area contributed by atoms with Crippen molar-refractivity contribution in [1.29, 1.82) is 0 Å². The third-order valence-corrected chi connectivity index (χ3v) is 1.80. The second-order valence-corrected chi connectivity index (χ2v) is 3.51. The molecule has 0 N–H and O–H groups in total. The molecule has 1 saturated heterocycles. The van der Waals surface area contributed by atoms with Crippen LogP contribution in [0, 0.1) is 0 Å². The Morgan fingerprint density at radius 2 is 1.40 bits per heavy atom. The molecule has 10 heavy (non-hydrogen) atoms. The number of likely N-dealkylation sites (tertiary alicyclic amines) is 1. The highest BCUT2D eigenvalue weighted by molar-refractivity contribution is 4.81. The molecule has 1 fully saturated rings. The van der Waals surface area contributed by atoms with E-state index in [4.69, 9.17) is 0 Å². The lowest BCUT2D eigenvalue weighted by atomic mass is 10.0. The highest BCUT2D eigenvalue weighted by Gasteiger charge is 2.25. The molecule has 0 aromatic carbocycles. The first kappa shape index (κ1) is 9.96. The first-order chi connectivity index (χ1) is 4.61. The quantitative estimate of drug-likeness (QED) is 0.503. The Labute approximate surface area is 65.4 Å². The molecule has 0 saturated carbocycles. The van der Waals surface area contributed by atoms with E-state index in [1.54, 1.807) is 0 Å². The van der Waals surface area contributed by atoms with Gasteiger partial charge < -0.3 is 0 Å². The van der Waals surface area contributed by atoms with E-state index in [2.05, 4.69) is 25.7 Å². The van der Waals surface area contributed by atoms with Gasteiger partial charge in [-0.1, -0.05) is 13.8 Å². The molecule has 0 aromatic rings. The van der Waals surface area contributed by atoms with E-state index in [9.17, 15) is 0 Å². The number of hydrogen-bond acceptors (Lipinski definition) is 1. The first-order valence-corrected chi connectivity index (χ1v) is 4.36. The van der Waals surface area contributed by atoms with Crippen molar-refractivity contribution in [3.8, 4) is 0 Å². The highest BCUT2D eigenvalue weighted by Crippen LogP contribution is 2.19. The third-order valence-electron chi connectivity index (χ3n) is 1.80. The van der Waals surface area contributed by atoms with Crippen LogP contribution in [0.25, 0.3) is 0 Å². The zero-order valence-electron chi connectivity index (χ0n) is 8.07. The van der Waals surface area contributed by atoms with Gasteiger partial charge in [-0.25, -0.2) is 0 Å². The number of hydrogen-bond donors (Lipinski definition) is 0. The van der Waals surface area contributed by atoms with Gasteiger partial charge in [0.2, 0.25) is 0 Å². The van der Waals surface area contributed by atoms with Crippen LogP contribution in [0.3, 0.4) is 0 Å². The van der Waals surface area contributed by atoms with Crippen LogP contribution >= 0.6 is 0 Å². The van der Waals surface area contributed by atoms with E-state index in [1.807, 2.05) is 13.8 Å². The lowest BCUT2D eigenvalue weighted by molar-refractivity contribution is 0.0690. The fourth-order valence-electron chi connectivity index (χ4n) is 0.987. The van der Waals surface area contributed by atoms with Crippen LogP contribution in [-0.4, -0.2) is 23.5 Å². The molecule has 0 spiro atoms. The normalized spacial score (nSPS) is 18.9. The molecule has 0 aliphatic carbocycles. The minimum absolute atomic E-state index is 0.429. The average Bonchev–Trinajstić information content (AvgIpc) is 1.61. The zero-order valence-corrected chi connectivity index (χ0v) is 8.07. The van der Waals surface area contributed by atoms with E-state index < -0.39 is 0 Å². The highest BCUT2D eigenvalue weighted by atomic mass is 15.2. The fourth-order valence-corrected chi connectivity index (χ4v) is 0.987. The molecule has 1 heterocycles. The maximum Gasteiger partial charge on any atom is 0.0125 e. The van der Waals surface area contributed by atoms with Gasteiger partial charge in [-0.05, 0) is 40.3 Å². The molecule has 0 unspecified atom stereocenters. The summed E-state index contributed by atoms with van der Waals surface area (Å²) in [6.07, 6.45) is 1.40. The van der Waals surface area contributed by atoms with Gasteiger partial charge in [-0.15, -0.1) is 0 Å². The van der Waals surface area contributed by atoms with Gasteiger partial charge in [-0.2, -0.15) is 0 Å². The van der Waals surface area contributed by atoms with Crippen LogP contribution in [0.2, 0.25) is 0 Å². The van der Waals surface area contributed by atoms with Crippen molar-refractivity contribution in [1.82, 2.24) is 4.90 Å². The largest absolute Gasteiger partial charge is 0.298 e. The Morgan fingerprint density at radius 1 is 1.00 bits per heavy atom. The Bertz CT molecular complexity index is 77.2. The van der Waals surface area contributed by atoms with Crippen molar-refractivity contribution in [2.24, 2.45) is 0 Å². The van der Waals surface area contributed by atoms with Crippen molar-refractivity contribution in [2.75, 3.05) is 13.1 Å². The molecule has 1 nitrogen and oxygen atoms in total. The van der Waals surface area contributed by atoms with Crippen LogP contribution < -0.4 is 0 Å². The van der Waals surface area contributed by atoms with E-state index in [1.165, 1.54) is 19.5 Å². The summed E-state index contributed by atoms with van der Waals surface area (Å²) in [5.41, 5.74) is 0.429. The van der Waals surface area contributed by atoms with Gasteiger partial charge in [0, 0.05) is 5.54 Å². The Kier molecular flexibility index (Phi) is 3.95. The first-order valence-electron chi connectivity index (χ1n) is 4.36. The Morgan fingerprint density at radius 3 is 1.40 bits per heavy atom. The summed E-state index contributed by atoms with van der Waals surface area (Å²) in [6, 6.07) is 0. The van der Waals surface area contributed by atoms with Crippen molar-refractivity contribution >= 4 is 0 Å². The number of rotatable bonds is 0. The summed E-state index contributed by atoms with van der Waals surface area (Å²) in [5, 5.41) is 0. The number of nitrogens with zero attached hydrogens (tertiary/aromatic N) is 1. The molecule has 1 rings (SSSR count). The van der Waals surface area contributed by atoms with Gasteiger partial charge in [0.25, 0.3) is 0 Å². The topological polar surface area (TPSA) is 3.24 Å². The molecule has 1 aliphatic heterocycles. The maximum absolute atomic E-state index is 2.49. The van der Waals surface area contributed by atoms with Gasteiger partial charge in [0.05, 0.1) is 0 Å². The lowest BCUT2D eigenvalue weighted by Gasteiger charge is -2.42. The molecule has 0 radical (unpaired) electrons. The molecule has 0 atom stereocenters. The van der Waals surface area contributed by atoms with E-state index in [-0.39, 0.29) is 0 Å². The molecule has 0 aromatic heterocycles. The second-order valence-electron chi connectivity index (χ2n) is 3.51. The van der Waals surface area contributed by atoms with E-state index >= 15 is 0 Å². The Balaban J connectivity index is 0.000000371. The maximum atomic E-state index is 2.49. The summed E-state index contributed by atoms with van der Waals surface area (Å²) in [7, 11) is 0. The molecule has 1 aliphatic rings. The van der Waals surface area contributed by atoms with Gasteiger partial charge in [0.15, 0.2) is 0 Å². The summed E-state index contributed by atoms with van der Waals surface area (Å²) < 4.78 is 0. The lowest BCUT2D eigenvalue weighted by Crippen LogP contribution is -2.49. The molecule has 0 amide bonds. The van der Waals surface area contributed by atoms with Crippen LogP contribution in [0.5, 0.6) is 0 Å². The van der Waals surface area contributed by atoms with Crippen LogP contribution in [-0.2, 0) is 0 Å². The smallest absolute Gasteiger partial charge is 0.0125 e. The van der Waals surface area contributed by atoms with Crippen molar-refractivity contribution in [3.63, 3.8) is 0 Å². The van der Waals surface area contributed by atoms with Gasteiger partial charge in [-0.3, -0.25) is 4.90 Å². The van der Waals surface area contributed by atoms with Gasteiger partial charge in [0.1, 0.15) is 0 Å². The van der Waals surface area contributed by atoms with Crippen molar-refractivity contribution in [3.05, 3.63) is 0 Å². The van der Waals surface area contributed by atoms with Crippen LogP contribution in [0.15, 0.2) is 0 Å². The Hall–Kier alpha value is -0.0400. The minimum Gasteiger partial charge on any atom is -0.298 e. The monoisotopic (exact) mass is 143 g/mol. The van der Waals surface area contributed by atoms with E-state index in [0.29, 0.717) is 5.54 Å². The van der Waals surface area contributed by atoms with Gasteiger partial charge >= 0.3 is 0 Å². The summed E-state index contributed by atoms with van der Waals surface area (Å²) >= 11 is 0. The summed E-state index contributed by atoms with van der Waals surface area (Å²) in [5.74, 6) is 0. The predicted octanol–water partition coefficient (Wildman–Crippen LogP) is 2.52. The third kappa shape index (κ3) is 2.70. The second kappa shape index (κ2) is 3.97. The summed E-state index contributed by atoms with van der Waals surface area (Å²) in [6.45, 7) is 13.4. The SMILES string of the molecule is CC.CC(C)(C)N1CCC1. The van der Waals surface area contributed by atoms with Crippen molar-refractivity contribution < 1.29 is 0 Å².